The smallest absolute Gasteiger partial charge is 0.346 e. The number of sulfonamides is 1. The van der Waals surface area contributed by atoms with E-state index in [1.807, 2.05) is 6.07 Å². The molecule has 0 unspecified atom stereocenters. The molecule has 2 N–H and O–H groups in total. The van der Waals surface area contributed by atoms with E-state index >= 15 is 0 Å². The van der Waals surface area contributed by atoms with E-state index in [9.17, 15) is 13.2 Å². The molecule has 0 fully saturated rings. The molecule has 0 bridgehead atoms. The quantitative estimate of drug-likeness (QED) is 0.896. The van der Waals surface area contributed by atoms with Crippen molar-refractivity contribution in [3.05, 3.63) is 33.5 Å². The van der Waals surface area contributed by atoms with Crippen molar-refractivity contribution < 1.29 is 18.3 Å². The average Bonchev–Trinajstić information content (AvgIpc) is 2.95. The van der Waals surface area contributed by atoms with Gasteiger partial charge < -0.3 is 5.11 Å². The SMILES string of the molecule is Cc1cc(S(=O)(=O)Nc2sccc2C#N)sc1C(=O)O. The number of carbonyl (C=O) groups is 1. The molecule has 0 amide bonds. The zero-order valence-corrected chi connectivity index (χ0v) is 12.5. The fourth-order valence-corrected chi connectivity index (χ4v) is 4.89. The van der Waals surface area contributed by atoms with E-state index in [4.69, 9.17) is 10.4 Å². The van der Waals surface area contributed by atoms with Gasteiger partial charge >= 0.3 is 5.97 Å². The Balaban J connectivity index is 2.39. The van der Waals surface area contributed by atoms with Gasteiger partial charge in [-0.3, -0.25) is 4.72 Å². The Hall–Kier alpha value is -1.89. The van der Waals surface area contributed by atoms with Crippen LogP contribution in [0.15, 0.2) is 21.7 Å². The normalized spacial score (nSPS) is 11.0. The summed E-state index contributed by atoms with van der Waals surface area (Å²) in [5.41, 5.74) is 0.611. The molecule has 0 saturated carbocycles. The van der Waals surface area contributed by atoms with Gasteiger partial charge in [0.1, 0.15) is 20.2 Å². The topological polar surface area (TPSA) is 107 Å². The minimum absolute atomic E-state index is 0.0166. The van der Waals surface area contributed by atoms with Crippen molar-refractivity contribution in [1.82, 2.24) is 0 Å². The Morgan fingerprint density at radius 1 is 1.50 bits per heavy atom. The van der Waals surface area contributed by atoms with Crippen LogP contribution in [0.5, 0.6) is 0 Å². The van der Waals surface area contributed by atoms with Crippen molar-refractivity contribution in [2.75, 3.05) is 4.72 Å². The number of hydrogen-bond acceptors (Lipinski definition) is 6. The lowest BCUT2D eigenvalue weighted by Crippen LogP contribution is -2.11. The number of aryl methyl sites for hydroxylation is 1. The molecule has 0 radical (unpaired) electrons. The highest BCUT2D eigenvalue weighted by molar-refractivity contribution is 7.94. The standard InChI is InChI=1S/C11H8N2O4S3/c1-6-4-8(19-9(6)11(14)15)20(16,17)13-10-7(5-12)2-3-18-10/h2-4,13H,1H3,(H,14,15). The summed E-state index contributed by atoms with van der Waals surface area (Å²) in [5.74, 6) is -1.16. The van der Waals surface area contributed by atoms with Crippen molar-refractivity contribution in [3.63, 3.8) is 0 Å². The van der Waals surface area contributed by atoms with Crippen molar-refractivity contribution >= 4 is 43.7 Å². The number of aromatic carboxylic acids is 1. The van der Waals surface area contributed by atoms with Crippen molar-refractivity contribution in [2.45, 2.75) is 11.1 Å². The molecule has 0 aliphatic rings. The average molecular weight is 328 g/mol. The number of rotatable bonds is 4. The molecule has 0 aliphatic carbocycles. The van der Waals surface area contributed by atoms with Crippen LogP contribution < -0.4 is 4.72 Å². The van der Waals surface area contributed by atoms with Crippen LogP contribution in [0.4, 0.5) is 5.00 Å². The molecule has 0 spiro atoms. The molecule has 0 atom stereocenters. The summed E-state index contributed by atoms with van der Waals surface area (Å²) in [4.78, 5) is 10.9. The molecule has 2 aromatic heterocycles. The van der Waals surface area contributed by atoms with Gasteiger partial charge in [-0.1, -0.05) is 0 Å². The maximum absolute atomic E-state index is 12.2. The number of thiophene rings is 2. The Labute approximate surface area is 123 Å². The molecule has 0 aromatic carbocycles. The van der Waals surface area contributed by atoms with Crippen LogP contribution in [0, 0.1) is 18.3 Å². The Bertz CT molecular complexity index is 811. The van der Waals surface area contributed by atoms with E-state index in [0.29, 0.717) is 16.9 Å². The summed E-state index contributed by atoms with van der Waals surface area (Å²) in [5, 5.41) is 19.6. The molecule has 0 saturated heterocycles. The van der Waals surface area contributed by atoms with Gasteiger partial charge in [-0.15, -0.1) is 22.7 Å². The molecule has 2 rings (SSSR count). The van der Waals surface area contributed by atoms with Gasteiger partial charge in [0.25, 0.3) is 10.0 Å². The van der Waals surface area contributed by atoms with Crippen LogP contribution >= 0.6 is 22.7 Å². The first-order chi connectivity index (χ1) is 9.35. The summed E-state index contributed by atoms with van der Waals surface area (Å²) in [6, 6.07) is 4.68. The molecular formula is C11H8N2O4S3. The van der Waals surface area contributed by atoms with E-state index in [2.05, 4.69) is 4.72 Å². The van der Waals surface area contributed by atoms with Gasteiger partial charge in [0, 0.05) is 0 Å². The van der Waals surface area contributed by atoms with Gasteiger partial charge in [-0.05, 0) is 30.0 Å². The number of nitrogens with zero attached hydrogens (tertiary/aromatic N) is 1. The molecular weight excluding hydrogens is 320 g/mol. The van der Waals surface area contributed by atoms with E-state index in [0.717, 1.165) is 11.3 Å². The fourth-order valence-electron chi connectivity index (χ4n) is 1.45. The Morgan fingerprint density at radius 2 is 2.20 bits per heavy atom. The predicted octanol–water partition coefficient (Wildman–Crippen LogP) is 2.49. The molecule has 104 valence electrons. The monoisotopic (exact) mass is 328 g/mol. The maximum Gasteiger partial charge on any atom is 0.346 e. The van der Waals surface area contributed by atoms with Crippen molar-refractivity contribution in [2.24, 2.45) is 0 Å². The summed E-state index contributed by atoms with van der Waals surface area (Å²) < 4.78 is 26.5. The van der Waals surface area contributed by atoms with Crippen LogP contribution in [0.3, 0.4) is 0 Å². The van der Waals surface area contributed by atoms with Gasteiger partial charge in [-0.25, -0.2) is 13.2 Å². The summed E-state index contributed by atoms with van der Waals surface area (Å²) in [7, 11) is -3.89. The zero-order chi connectivity index (χ0) is 14.9. The molecule has 2 heterocycles. The van der Waals surface area contributed by atoms with Gasteiger partial charge in [-0.2, -0.15) is 5.26 Å². The molecule has 6 nitrogen and oxygen atoms in total. The third-order valence-electron chi connectivity index (χ3n) is 2.37. The Kier molecular flexibility index (Phi) is 3.80. The number of carboxylic acids is 1. The van der Waals surface area contributed by atoms with E-state index < -0.39 is 16.0 Å². The second-order valence-electron chi connectivity index (χ2n) is 3.76. The second kappa shape index (κ2) is 5.24. The fraction of sp³-hybridized carbons (Fsp3) is 0.0909. The van der Waals surface area contributed by atoms with Crippen molar-refractivity contribution in [3.8, 4) is 6.07 Å². The highest BCUT2D eigenvalue weighted by atomic mass is 32.2. The Morgan fingerprint density at radius 3 is 2.75 bits per heavy atom. The zero-order valence-electron chi connectivity index (χ0n) is 10.1. The van der Waals surface area contributed by atoms with Crippen LogP contribution in [-0.4, -0.2) is 19.5 Å². The minimum atomic E-state index is -3.89. The number of nitrogens with one attached hydrogen (secondary N) is 1. The first kappa shape index (κ1) is 14.5. The van der Waals surface area contributed by atoms with Crippen LogP contribution in [0.1, 0.15) is 20.8 Å². The van der Waals surface area contributed by atoms with Crippen LogP contribution in [0.2, 0.25) is 0 Å². The van der Waals surface area contributed by atoms with Crippen LogP contribution in [-0.2, 0) is 10.0 Å². The second-order valence-corrected chi connectivity index (χ2v) is 7.64. The number of nitriles is 1. The van der Waals surface area contributed by atoms with Gasteiger partial charge in [0.05, 0.1) is 5.56 Å². The predicted molar refractivity (Wildman–Crippen MR) is 75.9 cm³/mol. The third-order valence-corrected chi connectivity index (χ3v) is 6.37. The van der Waals surface area contributed by atoms with E-state index in [1.54, 1.807) is 5.38 Å². The van der Waals surface area contributed by atoms with Gasteiger partial charge in [0.15, 0.2) is 0 Å². The lowest BCUT2D eigenvalue weighted by Gasteiger charge is -2.03. The summed E-state index contributed by atoms with van der Waals surface area (Å²) in [6.45, 7) is 1.53. The largest absolute Gasteiger partial charge is 0.477 e. The first-order valence-corrected chi connectivity index (χ1v) is 8.37. The van der Waals surface area contributed by atoms with Gasteiger partial charge in [0.2, 0.25) is 0 Å². The summed E-state index contributed by atoms with van der Waals surface area (Å²) >= 11 is 1.77. The third kappa shape index (κ3) is 2.67. The number of carboxylic acid groups (broad SMARTS) is 1. The van der Waals surface area contributed by atoms with E-state index in [1.165, 1.54) is 19.1 Å². The van der Waals surface area contributed by atoms with Crippen LogP contribution in [0.25, 0.3) is 0 Å². The lowest BCUT2D eigenvalue weighted by molar-refractivity contribution is 0.0701. The minimum Gasteiger partial charge on any atom is -0.477 e. The summed E-state index contributed by atoms with van der Waals surface area (Å²) in [6.07, 6.45) is 0. The first-order valence-electron chi connectivity index (χ1n) is 5.19. The molecule has 9 heteroatoms. The molecule has 2 aromatic rings. The maximum atomic E-state index is 12.2. The number of anilines is 1. The molecule has 0 aliphatic heterocycles. The highest BCUT2D eigenvalue weighted by Gasteiger charge is 2.23. The molecule has 20 heavy (non-hydrogen) atoms. The number of hydrogen-bond donors (Lipinski definition) is 2. The highest BCUT2D eigenvalue weighted by Crippen LogP contribution is 2.30. The van der Waals surface area contributed by atoms with E-state index in [-0.39, 0.29) is 19.7 Å². The lowest BCUT2D eigenvalue weighted by atomic mass is 10.3. The van der Waals surface area contributed by atoms with Crippen molar-refractivity contribution in [1.29, 1.82) is 5.26 Å².